The molecule has 0 fully saturated rings. The van der Waals surface area contributed by atoms with E-state index in [-0.39, 0.29) is 0 Å². The van der Waals surface area contributed by atoms with Gasteiger partial charge in [0.05, 0.1) is 5.41 Å². The highest BCUT2D eigenvalue weighted by Gasteiger charge is 2.50. The fourth-order valence-corrected chi connectivity index (χ4v) is 11.2. The Labute approximate surface area is 304 Å². The lowest BCUT2D eigenvalue weighted by Crippen LogP contribution is -2.36. The number of amidine groups is 2. The second-order valence-electron chi connectivity index (χ2n) is 13.3. The van der Waals surface area contributed by atoms with Gasteiger partial charge < -0.3 is 5.32 Å². The lowest BCUT2D eigenvalue weighted by molar-refractivity contribution is 0.726. The molecule has 0 radical (unpaired) electrons. The molecule has 7 aromatic carbocycles. The summed E-state index contributed by atoms with van der Waals surface area (Å²) in [6, 6.07) is 59.3. The number of nitrogens with zero attached hydrogens (tertiary/aromatic N) is 2. The third-order valence-corrected chi connectivity index (χ3v) is 13.1. The van der Waals surface area contributed by atoms with E-state index in [1.807, 2.05) is 35.2 Å². The number of hydrogen-bond acceptors (Lipinski definition) is 5. The maximum absolute atomic E-state index is 5.28. The van der Waals surface area contributed by atoms with Crippen molar-refractivity contribution in [3.63, 3.8) is 0 Å². The highest BCUT2D eigenvalue weighted by atomic mass is 32.2. The monoisotopic (exact) mass is 687 g/mol. The molecule has 11 rings (SSSR count). The summed E-state index contributed by atoms with van der Waals surface area (Å²) < 4.78 is 2.58. The second kappa shape index (κ2) is 11.1. The molecule has 1 aromatic heterocycles. The molecule has 1 N–H and O–H groups in total. The number of fused-ring (bicyclic) bond motifs is 13. The fraction of sp³-hybridized carbons (Fsp3) is 0.0435. The summed E-state index contributed by atoms with van der Waals surface area (Å²) >= 11 is 3.81. The molecule has 5 heteroatoms. The van der Waals surface area contributed by atoms with Crippen LogP contribution in [0.4, 0.5) is 0 Å². The van der Waals surface area contributed by atoms with Gasteiger partial charge in [-0.25, -0.2) is 9.98 Å². The van der Waals surface area contributed by atoms with Crippen molar-refractivity contribution in [1.29, 1.82) is 0 Å². The first-order valence-corrected chi connectivity index (χ1v) is 18.9. The molecule has 240 valence electrons. The van der Waals surface area contributed by atoms with E-state index in [1.165, 1.54) is 63.3 Å². The predicted molar refractivity (Wildman–Crippen MR) is 213 cm³/mol. The van der Waals surface area contributed by atoms with Crippen LogP contribution in [0.25, 0.3) is 31.3 Å². The van der Waals surface area contributed by atoms with Crippen LogP contribution in [-0.2, 0) is 5.41 Å². The van der Waals surface area contributed by atoms with Crippen LogP contribution in [0.3, 0.4) is 0 Å². The summed E-state index contributed by atoms with van der Waals surface area (Å²) in [7, 11) is 0. The van der Waals surface area contributed by atoms with E-state index >= 15 is 0 Å². The average molecular weight is 688 g/mol. The minimum absolute atomic E-state index is 0.393. The lowest BCUT2D eigenvalue weighted by Gasteiger charge is -2.39. The molecule has 3 heterocycles. The van der Waals surface area contributed by atoms with Gasteiger partial charge in [0, 0.05) is 46.7 Å². The summed E-state index contributed by atoms with van der Waals surface area (Å²) in [5, 5.41) is 6.06. The van der Waals surface area contributed by atoms with Crippen LogP contribution in [0.2, 0.25) is 0 Å². The molecule has 3 nitrogen and oxygen atoms in total. The number of benzene rings is 7. The molecule has 0 saturated carbocycles. The van der Waals surface area contributed by atoms with E-state index in [1.54, 1.807) is 0 Å². The number of rotatable bonds is 3. The topological polar surface area (TPSA) is 36.8 Å². The van der Waals surface area contributed by atoms with Gasteiger partial charge in [-0.3, -0.25) is 0 Å². The molecule has 51 heavy (non-hydrogen) atoms. The van der Waals surface area contributed by atoms with Crippen molar-refractivity contribution in [1.82, 2.24) is 5.32 Å². The van der Waals surface area contributed by atoms with Crippen molar-refractivity contribution >= 4 is 54.9 Å². The minimum atomic E-state index is -0.400. The summed E-state index contributed by atoms with van der Waals surface area (Å²) in [5.41, 5.74) is 10.9. The maximum Gasteiger partial charge on any atom is 0.170 e. The SMILES string of the molecule is c1ccc(C2=NC(c3cccc4sc5c6c(ccc5c34)C3(c4ccccc4S6)c4ccccc4-c4ccccc43)N=C(c3ccccc3)N2)cc1. The number of aliphatic imine (C=N–C) groups is 2. The van der Waals surface area contributed by atoms with E-state index in [0.29, 0.717) is 0 Å². The molecule has 0 unspecified atom stereocenters. The molecule has 8 aromatic rings. The maximum atomic E-state index is 5.28. The highest BCUT2D eigenvalue weighted by Crippen LogP contribution is 2.63. The molecule has 1 aliphatic carbocycles. The average Bonchev–Trinajstić information content (AvgIpc) is 3.73. The van der Waals surface area contributed by atoms with Crippen LogP contribution < -0.4 is 5.32 Å². The molecule has 0 bridgehead atoms. The van der Waals surface area contributed by atoms with Crippen molar-refractivity contribution in [3.8, 4) is 11.1 Å². The first-order valence-electron chi connectivity index (χ1n) is 17.3. The van der Waals surface area contributed by atoms with E-state index < -0.39 is 11.6 Å². The molecular formula is C46H29N3S2. The largest absolute Gasteiger partial charge is 0.324 e. The zero-order valence-electron chi connectivity index (χ0n) is 27.4. The summed E-state index contributed by atoms with van der Waals surface area (Å²) in [6.07, 6.45) is -0.400. The van der Waals surface area contributed by atoms with Gasteiger partial charge >= 0.3 is 0 Å². The van der Waals surface area contributed by atoms with E-state index in [9.17, 15) is 0 Å². The molecule has 1 spiro atoms. The number of nitrogens with one attached hydrogen (secondary N) is 1. The van der Waals surface area contributed by atoms with Crippen molar-refractivity contribution in [2.45, 2.75) is 21.4 Å². The van der Waals surface area contributed by atoms with Gasteiger partial charge in [0.15, 0.2) is 6.17 Å². The Morgan fingerprint density at radius 2 is 1.10 bits per heavy atom. The summed E-state index contributed by atoms with van der Waals surface area (Å²) in [6.45, 7) is 0. The minimum Gasteiger partial charge on any atom is -0.324 e. The van der Waals surface area contributed by atoms with Gasteiger partial charge in [-0.2, -0.15) is 0 Å². The highest BCUT2D eigenvalue weighted by molar-refractivity contribution is 8.00. The first kappa shape index (κ1) is 29.0. The van der Waals surface area contributed by atoms with Crippen LogP contribution in [-0.4, -0.2) is 11.7 Å². The summed E-state index contributed by atoms with van der Waals surface area (Å²) in [5.74, 6) is 1.66. The van der Waals surface area contributed by atoms with Gasteiger partial charge in [0.1, 0.15) is 11.7 Å². The first-order chi connectivity index (χ1) is 25.3. The molecule has 0 saturated heterocycles. The Kier molecular flexibility index (Phi) is 6.33. The van der Waals surface area contributed by atoms with Crippen LogP contribution in [0.5, 0.6) is 0 Å². The Balaban J connectivity index is 1.17. The quantitative estimate of drug-likeness (QED) is 0.201. The van der Waals surface area contributed by atoms with Crippen molar-refractivity contribution in [3.05, 3.63) is 203 Å². The van der Waals surface area contributed by atoms with Crippen LogP contribution in [0, 0.1) is 0 Å². The number of hydrogen-bond donors (Lipinski definition) is 1. The normalized spacial score (nSPS) is 15.5. The fourth-order valence-electron chi connectivity index (χ4n) is 8.51. The van der Waals surface area contributed by atoms with Gasteiger partial charge in [-0.1, -0.05) is 163 Å². The standard InChI is InChI=1S/C46H29N3S2/c1-3-14-28(15-4-1)43-47-44(29-16-5-2-6-17-29)49-45(48-43)33-20-13-25-39-40(33)32-26-27-37-42(41(32)51-39)50-38-24-12-11-23-36(38)46(37)34-21-9-7-18-30(34)31-19-8-10-22-35(31)46/h1-27,45H,(H,47,48,49). The van der Waals surface area contributed by atoms with Crippen molar-refractivity contribution in [2.75, 3.05) is 0 Å². The smallest absolute Gasteiger partial charge is 0.170 e. The Morgan fingerprint density at radius 3 is 1.76 bits per heavy atom. The zero-order valence-corrected chi connectivity index (χ0v) is 29.0. The Morgan fingerprint density at radius 1 is 0.510 bits per heavy atom. The number of thiophene rings is 1. The summed E-state index contributed by atoms with van der Waals surface area (Å²) in [4.78, 5) is 13.2. The Hall–Kier alpha value is -5.75. The predicted octanol–water partition coefficient (Wildman–Crippen LogP) is 11.4. The lowest BCUT2D eigenvalue weighted by atomic mass is 9.67. The van der Waals surface area contributed by atoms with E-state index in [2.05, 4.69) is 157 Å². The van der Waals surface area contributed by atoms with Crippen LogP contribution >= 0.6 is 23.1 Å². The van der Waals surface area contributed by atoms with Crippen LogP contribution in [0.1, 0.15) is 45.1 Å². The van der Waals surface area contributed by atoms with Gasteiger partial charge in [-0.15, -0.1) is 11.3 Å². The molecule has 2 aliphatic heterocycles. The Bertz CT molecular complexity index is 2660. The van der Waals surface area contributed by atoms with E-state index in [0.717, 1.165) is 28.4 Å². The zero-order chi connectivity index (χ0) is 33.5. The van der Waals surface area contributed by atoms with Gasteiger partial charge in [-0.05, 0) is 45.5 Å². The molecule has 0 atom stereocenters. The molecule has 0 amide bonds. The van der Waals surface area contributed by atoms with Gasteiger partial charge in [0.2, 0.25) is 0 Å². The second-order valence-corrected chi connectivity index (χ2v) is 15.4. The molecule has 3 aliphatic rings. The molecular weight excluding hydrogens is 659 g/mol. The van der Waals surface area contributed by atoms with Gasteiger partial charge in [0.25, 0.3) is 0 Å². The van der Waals surface area contributed by atoms with Crippen molar-refractivity contribution < 1.29 is 0 Å². The van der Waals surface area contributed by atoms with Crippen molar-refractivity contribution in [2.24, 2.45) is 9.98 Å². The third-order valence-electron chi connectivity index (χ3n) is 10.6. The van der Waals surface area contributed by atoms with E-state index in [4.69, 9.17) is 9.98 Å². The third kappa shape index (κ3) is 4.13. The van der Waals surface area contributed by atoms with Crippen LogP contribution in [0.15, 0.2) is 184 Å².